The number of aliphatic hydroxyl groups excluding tert-OH is 1. The molecule has 8 heteroatoms. The molecule has 26 heavy (non-hydrogen) atoms. The summed E-state index contributed by atoms with van der Waals surface area (Å²) in [6.45, 7) is 0. The average Bonchev–Trinajstić information content (AvgIpc) is 2.65. The van der Waals surface area contributed by atoms with Crippen LogP contribution in [0.3, 0.4) is 0 Å². The zero-order chi connectivity index (χ0) is 19.2. The lowest BCUT2D eigenvalue weighted by atomic mass is 10.1. The highest BCUT2D eigenvalue weighted by Crippen LogP contribution is 2.14. The summed E-state index contributed by atoms with van der Waals surface area (Å²) in [5.74, 6) is -2.06. The van der Waals surface area contributed by atoms with Crippen molar-refractivity contribution in [3.05, 3.63) is 66.2 Å². The first-order chi connectivity index (χ1) is 12.3. The molecule has 0 fully saturated rings. The first-order valence-electron chi connectivity index (χ1n) is 7.92. The molecule has 2 amide bonds. The van der Waals surface area contributed by atoms with Gasteiger partial charge in [0.1, 0.15) is 6.04 Å². The summed E-state index contributed by atoms with van der Waals surface area (Å²) >= 11 is 0. The molecule has 0 bridgehead atoms. The van der Waals surface area contributed by atoms with Crippen molar-refractivity contribution in [3.63, 3.8) is 0 Å². The fourth-order valence-electron chi connectivity index (χ4n) is 2.34. The minimum absolute atomic E-state index is 0.124. The van der Waals surface area contributed by atoms with Crippen molar-refractivity contribution in [2.75, 3.05) is 5.75 Å². The Bertz CT molecular complexity index is 854. The minimum Gasteiger partial charge on any atom is -0.378 e. The minimum atomic E-state index is -3.62. The largest absolute Gasteiger partial charge is 0.378 e. The molecule has 4 N–H and O–H groups in total. The Balaban J connectivity index is 2.03. The number of aliphatic hydroxyl groups is 1. The van der Waals surface area contributed by atoms with Gasteiger partial charge in [0.25, 0.3) is 5.91 Å². The number of benzene rings is 2. The van der Waals surface area contributed by atoms with E-state index in [0.29, 0.717) is 5.56 Å². The second-order valence-electron chi connectivity index (χ2n) is 5.70. The molecule has 0 aliphatic heterocycles. The van der Waals surface area contributed by atoms with Crippen LogP contribution >= 0.6 is 0 Å². The van der Waals surface area contributed by atoms with Gasteiger partial charge in [-0.05, 0) is 24.1 Å². The van der Waals surface area contributed by atoms with Crippen LogP contribution in [-0.2, 0) is 19.4 Å². The molecule has 0 radical (unpaired) electrons. The van der Waals surface area contributed by atoms with E-state index >= 15 is 0 Å². The number of carbonyl (C=O) groups excluding carboxylic acids is 2. The molecule has 2 atom stereocenters. The molecule has 2 aromatic carbocycles. The molecule has 2 rings (SSSR count). The number of rotatable bonds is 8. The van der Waals surface area contributed by atoms with Gasteiger partial charge in [-0.25, -0.2) is 8.42 Å². The molecule has 0 spiro atoms. The van der Waals surface area contributed by atoms with E-state index in [1.807, 2.05) is 0 Å². The van der Waals surface area contributed by atoms with Crippen molar-refractivity contribution in [2.24, 2.45) is 5.73 Å². The summed E-state index contributed by atoms with van der Waals surface area (Å²) in [5.41, 5.74) is 5.61. The Labute approximate surface area is 151 Å². The molecule has 7 nitrogen and oxygen atoms in total. The molecule has 0 aliphatic carbocycles. The predicted molar refractivity (Wildman–Crippen MR) is 95.6 cm³/mol. The average molecular weight is 376 g/mol. The van der Waals surface area contributed by atoms with Crippen molar-refractivity contribution in [1.82, 2.24) is 5.32 Å². The van der Waals surface area contributed by atoms with E-state index in [-0.39, 0.29) is 17.1 Å². The lowest BCUT2D eigenvalue weighted by molar-refractivity contribution is -0.133. The van der Waals surface area contributed by atoms with Gasteiger partial charge < -0.3 is 16.2 Å². The Morgan fingerprint density at radius 1 is 1.00 bits per heavy atom. The Morgan fingerprint density at radius 3 is 2.08 bits per heavy atom. The summed E-state index contributed by atoms with van der Waals surface area (Å²) < 4.78 is 24.6. The maximum Gasteiger partial charge on any atom is 0.254 e. The third-order valence-electron chi connectivity index (χ3n) is 3.80. The van der Waals surface area contributed by atoms with Crippen LogP contribution in [0.2, 0.25) is 0 Å². The summed E-state index contributed by atoms with van der Waals surface area (Å²) in [5, 5.41) is 12.4. The second kappa shape index (κ2) is 8.59. The fraction of sp³-hybridized carbons (Fsp3) is 0.222. The van der Waals surface area contributed by atoms with Crippen LogP contribution in [0.15, 0.2) is 65.6 Å². The lowest BCUT2D eigenvalue weighted by Crippen LogP contribution is -2.47. The highest BCUT2D eigenvalue weighted by atomic mass is 32.2. The molecule has 0 unspecified atom stereocenters. The van der Waals surface area contributed by atoms with Gasteiger partial charge in [0.2, 0.25) is 5.91 Å². The van der Waals surface area contributed by atoms with Gasteiger partial charge in [-0.2, -0.15) is 0 Å². The highest BCUT2D eigenvalue weighted by Gasteiger charge is 2.26. The standard InChI is InChI=1S/C18H20N2O5S/c19-17(22)15(11-12-26(24,25)14-9-5-2-6-10-14)20-18(23)16(21)13-7-3-1-4-8-13/h1-10,15-16,21H,11-12H2,(H2,19,22)(H,20,23)/t15-,16+/m1/s1. The third-order valence-corrected chi connectivity index (χ3v) is 5.56. The van der Waals surface area contributed by atoms with Crippen LogP contribution < -0.4 is 11.1 Å². The van der Waals surface area contributed by atoms with Crippen LogP contribution in [0.25, 0.3) is 0 Å². The van der Waals surface area contributed by atoms with E-state index in [4.69, 9.17) is 5.73 Å². The fourth-order valence-corrected chi connectivity index (χ4v) is 3.70. The van der Waals surface area contributed by atoms with Gasteiger partial charge in [0, 0.05) is 0 Å². The van der Waals surface area contributed by atoms with Crippen LogP contribution in [0.1, 0.15) is 18.1 Å². The molecular weight excluding hydrogens is 356 g/mol. The molecule has 0 saturated carbocycles. The van der Waals surface area contributed by atoms with E-state index in [9.17, 15) is 23.1 Å². The predicted octanol–water partition coefficient (Wildman–Crippen LogP) is 0.554. The van der Waals surface area contributed by atoms with Gasteiger partial charge in [-0.1, -0.05) is 48.5 Å². The van der Waals surface area contributed by atoms with Gasteiger partial charge in [-0.3, -0.25) is 9.59 Å². The Hall–Kier alpha value is -2.71. The van der Waals surface area contributed by atoms with Crippen molar-refractivity contribution in [2.45, 2.75) is 23.5 Å². The van der Waals surface area contributed by atoms with E-state index in [2.05, 4.69) is 5.32 Å². The van der Waals surface area contributed by atoms with E-state index in [1.54, 1.807) is 48.5 Å². The summed E-state index contributed by atoms with van der Waals surface area (Å²) in [4.78, 5) is 23.8. The van der Waals surface area contributed by atoms with Crippen LogP contribution in [0.5, 0.6) is 0 Å². The van der Waals surface area contributed by atoms with Gasteiger partial charge in [0.15, 0.2) is 15.9 Å². The summed E-state index contributed by atoms with van der Waals surface area (Å²) in [7, 11) is -3.62. The molecular formula is C18H20N2O5S. The molecule has 0 saturated heterocycles. The van der Waals surface area contributed by atoms with E-state index < -0.39 is 33.8 Å². The Kier molecular flexibility index (Phi) is 6.48. The summed E-state index contributed by atoms with van der Waals surface area (Å²) in [6, 6.07) is 14.7. The lowest BCUT2D eigenvalue weighted by Gasteiger charge is -2.18. The number of amides is 2. The first kappa shape index (κ1) is 19.6. The van der Waals surface area contributed by atoms with E-state index in [1.165, 1.54) is 12.1 Å². The van der Waals surface area contributed by atoms with Crippen LogP contribution in [-0.4, -0.2) is 37.1 Å². The number of primary amides is 1. The normalized spacial score (nSPS) is 13.6. The summed E-state index contributed by atoms with van der Waals surface area (Å²) in [6.07, 6.45) is -1.68. The second-order valence-corrected chi connectivity index (χ2v) is 7.81. The zero-order valence-electron chi connectivity index (χ0n) is 13.9. The number of hydrogen-bond acceptors (Lipinski definition) is 5. The Morgan fingerprint density at radius 2 is 1.54 bits per heavy atom. The first-order valence-corrected chi connectivity index (χ1v) is 9.57. The SMILES string of the molecule is NC(=O)[C@@H](CCS(=O)(=O)c1ccccc1)NC(=O)[C@@H](O)c1ccccc1. The van der Waals surface area contributed by atoms with Crippen molar-refractivity contribution < 1.29 is 23.1 Å². The van der Waals surface area contributed by atoms with Crippen LogP contribution in [0, 0.1) is 0 Å². The maximum absolute atomic E-state index is 12.3. The topological polar surface area (TPSA) is 127 Å². The van der Waals surface area contributed by atoms with Gasteiger partial charge >= 0.3 is 0 Å². The van der Waals surface area contributed by atoms with Crippen LogP contribution in [0.4, 0.5) is 0 Å². The third kappa shape index (κ3) is 5.14. The molecule has 0 heterocycles. The number of carbonyl (C=O) groups is 2. The quantitative estimate of drug-likeness (QED) is 0.620. The number of nitrogens with two attached hydrogens (primary N) is 1. The molecule has 138 valence electrons. The van der Waals surface area contributed by atoms with Crippen molar-refractivity contribution >= 4 is 21.7 Å². The highest BCUT2D eigenvalue weighted by molar-refractivity contribution is 7.91. The van der Waals surface area contributed by atoms with E-state index in [0.717, 1.165) is 0 Å². The molecule has 0 aliphatic rings. The molecule has 0 aromatic heterocycles. The van der Waals surface area contributed by atoms with Crippen molar-refractivity contribution in [1.29, 1.82) is 0 Å². The van der Waals surface area contributed by atoms with Gasteiger partial charge in [0.05, 0.1) is 10.6 Å². The van der Waals surface area contributed by atoms with Gasteiger partial charge in [-0.15, -0.1) is 0 Å². The number of sulfone groups is 1. The number of nitrogens with one attached hydrogen (secondary N) is 1. The molecule has 2 aromatic rings. The number of hydrogen-bond donors (Lipinski definition) is 3. The smallest absolute Gasteiger partial charge is 0.254 e. The maximum atomic E-state index is 12.3. The van der Waals surface area contributed by atoms with Crippen molar-refractivity contribution in [3.8, 4) is 0 Å². The monoisotopic (exact) mass is 376 g/mol. The zero-order valence-corrected chi connectivity index (χ0v) is 14.7.